The van der Waals surface area contributed by atoms with E-state index in [9.17, 15) is 4.79 Å². The SMILES string of the molecule is O=C1CCC(c2ccc3nc(-c4cccs4)oc3c2)=NN1. The first-order chi connectivity index (χ1) is 10.3. The molecule has 0 bridgehead atoms. The second-order valence-corrected chi connectivity index (χ2v) is 5.72. The number of benzene rings is 1. The van der Waals surface area contributed by atoms with Crippen molar-refractivity contribution in [3.63, 3.8) is 0 Å². The molecule has 0 saturated heterocycles. The molecule has 3 heterocycles. The van der Waals surface area contributed by atoms with Crippen molar-refractivity contribution in [3.8, 4) is 10.8 Å². The highest BCUT2D eigenvalue weighted by Crippen LogP contribution is 2.28. The molecule has 1 aliphatic heterocycles. The summed E-state index contributed by atoms with van der Waals surface area (Å²) in [5, 5.41) is 6.10. The summed E-state index contributed by atoms with van der Waals surface area (Å²) in [6, 6.07) is 9.76. The van der Waals surface area contributed by atoms with E-state index in [4.69, 9.17) is 4.42 Å². The number of hydrogen-bond acceptors (Lipinski definition) is 5. The van der Waals surface area contributed by atoms with Crippen LogP contribution in [0.5, 0.6) is 0 Å². The van der Waals surface area contributed by atoms with Gasteiger partial charge >= 0.3 is 0 Å². The Bertz CT molecular complexity index is 849. The molecule has 0 unspecified atom stereocenters. The van der Waals surface area contributed by atoms with E-state index < -0.39 is 0 Å². The van der Waals surface area contributed by atoms with Crippen LogP contribution in [-0.2, 0) is 4.79 Å². The normalized spacial score (nSPS) is 15.0. The van der Waals surface area contributed by atoms with E-state index in [1.54, 1.807) is 11.3 Å². The van der Waals surface area contributed by atoms with E-state index in [-0.39, 0.29) is 5.91 Å². The molecule has 4 rings (SSSR count). The highest BCUT2D eigenvalue weighted by atomic mass is 32.1. The number of nitrogens with zero attached hydrogens (tertiary/aromatic N) is 2. The number of hydrazone groups is 1. The molecule has 0 aliphatic carbocycles. The van der Waals surface area contributed by atoms with Gasteiger partial charge in [0.2, 0.25) is 11.8 Å². The number of amides is 1. The predicted molar refractivity (Wildman–Crippen MR) is 81.2 cm³/mol. The van der Waals surface area contributed by atoms with Gasteiger partial charge in [-0.1, -0.05) is 12.1 Å². The summed E-state index contributed by atoms with van der Waals surface area (Å²) in [6.07, 6.45) is 1.11. The fourth-order valence-electron chi connectivity index (χ4n) is 2.29. The maximum absolute atomic E-state index is 11.1. The fourth-order valence-corrected chi connectivity index (χ4v) is 2.94. The summed E-state index contributed by atoms with van der Waals surface area (Å²) in [5.41, 5.74) is 5.89. The molecule has 0 saturated carbocycles. The van der Waals surface area contributed by atoms with Crippen molar-refractivity contribution in [1.82, 2.24) is 10.4 Å². The van der Waals surface area contributed by atoms with Crippen LogP contribution in [0, 0.1) is 0 Å². The smallest absolute Gasteiger partial charge is 0.240 e. The van der Waals surface area contributed by atoms with Crippen LogP contribution in [0.15, 0.2) is 45.2 Å². The molecule has 1 aliphatic rings. The molecule has 21 heavy (non-hydrogen) atoms. The first-order valence-electron chi connectivity index (χ1n) is 6.60. The number of carbonyl (C=O) groups excluding carboxylic acids is 1. The summed E-state index contributed by atoms with van der Waals surface area (Å²) in [4.78, 5) is 16.6. The van der Waals surface area contributed by atoms with Gasteiger partial charge in [0.15, 0.2) is 5.58 Å². The maximum Gasteiger partial charge on any atom is 0.240 e. The third kappa shape index (κ3) is 2.23. The Kier molecular flexibility index (Phi) is 2.82. The quantitative estimate of drug-likeness (QED) is 0.790. The second-order valence-electron chi connectivity index (χ2n) is 4.77. The van der Waals surface area contributed by atoms with Gasteiger partial charge < -0.3 is 4.42 Å². The molecule has 104 valence electrons. The minimum atomic E-state index is -0.0422. The van der Waals surface area contributed by atoms with Gasteiger partial charge in [-0.2, -0.15) is 5.10 Å². The Morgan fingerprint density at radius 2 is 2.19 bits per heavy atom. The van der Waals surface area contributed by atoms with E-state index >= 15 is 0 Å². The molecular formula is C15H11N3O2S. The summed E-state index contributed by atoms with van der Waals surface area (Å²) in [7, 11) is 0. The molecule has 6 heteroatoms. The second kappa shape index (κ2) is 4.82. The average Bonchev–Trinajstić information content (AvgIpc) is 3.16. The Morgan fingerprint density at radius 1 is 1.24 bits per heavy atom. The number of hydrogen-bond donors (Lipinski definition) is 1. The van der Waals surface area contributed by atoms with Gasteiger partial charge in [0.25, 0.3) is 0 Å². The Balaban J connectivity index is 1.75. The van der Waals surface area contributed by atoms with Crippen LogP contribution >= 0.6 is 11.3 Å². The van der Waals surface area contributed by atoms with Crippen molar-refractivity contribution in [1.29, 1.82) is 0 Å². The molecule has 1 N–H and O–H groups in total. The van der Waals surface area contributed by atoms with Crippen LogP contribution in [0.25, 0.3) is 21.9 Å². The largest absolute Gasteiger partial charge is 0.435 e. The lowest BCUT2D eigenvalue weighted by Gasteiger charge is -2.11. The zero-order valence-corrected chi connectivity index (χ0v) is 11.8. The van der Waals surface area contributed by atoms with Crippen LogP contribution in [0.1, 0.15) is 18.4 Å². The number of carbonyl (C=O) groups is 1. The van der Waals surface area contributed by atoms with Gasteiger partial charge in [0.05, 0.1) is 10.6 Å². The number of thiophene rings is 1. The summed E-state index contributed by atoms with van der Waals surface area (Å²) in [6.45, 7) is 0. The van der Waals surface area contributed by atoms with Crippen molar-refractivity contribution in [2.45, 2.75) is 12.8 Å². The minimum absolute atomic E-state index is 0.0422. The van der Waals surface area contributed by atoms with E-state index in [1.165, 1.54) is 0 Å². The minimum Gasteiger partial charge on any atom is -0.435 e. The zero-order valence-electron chi connectivity index (χ0n) is 11.0. The predicted octanol–water partition coefficient (Wildman–Crippen LogP) is 3.17. The average molecular weight is 297 g/mol. The molecule has 1 amide bonds. The van der Waals surface area contributed by atoms with Crippen molar-refractivity contribution >= 4 is 34.1 Å². The standard InChI is InChI=1S/C15H11N3O2S/c19-14-6-5-10(17-18-14)9-3-4-11-12(8-9)20-15(16-11)13-2-1-7-21-13/h1-4,7-8H,5-6H2,(H,18,19). The molecule has 5 nitrogen and oxygen atoms in total. The molecular weight excluding hydrogens is 286 g/mol. The number of aromatic nitrogens is 1. The summed E-state index contributed by atoms with van der Waals surface area (Å²) in [5.74, 6) is 0.593. The van der Waals surface area contributed by atoms with E-state index in [0.29, 0.717) is 18.7 Å². The summed E-state index contributed by atoms with van der Waals surface area (Å²) >= 11 is 1.60. The third-order valence-electron chi connectivity index (χ3n) is 3.36. The van der Waals surface area contributed by atoms with E-state index in [2.05, 4.69) is 15.5 Å². The van der Waals surface area contributed by atoms with Gasteiger partial charge in [-0.05, 0) is 23.6 Å². The van der Waals surface area contributed by atoms with Gasteiger partial charge in [0, 0.05) is 18.4 Å². The van der Waals surface area contributed by atoms with Crippen molar-refractivity contribution in [2.75, 3.05) is 0 Å². The van der Waals surface area contributed by atoms with Gasteiger partial charge in [-0.25, -0.2) is 10.4 Å². The Morgan fingerprint density at radius 3 is 2.95 bits per heavy atom. The van der Waals surface area contributed by atoms with Crippen LogP contribution in [0.4, 0.5) is 0 Å². The van der Waals surface area contributed by atoms with Crippen LogP contribution in [0.3, 0.4) is 0 Å². The Hall–Kier alpha value is -2.47. The molecule has 3 aromatic rings. The molecule has 0 radical (unpaired) electrons. The Labute approximate surface area is 124 Å². The van der Waals surface area contributed by atoms with Gasteiger partial charge in [-0.3, -0.25) is 4.79 Å². The molecule has 1 aromatic carbocycles. The lowest BCUT2D eigenvalue weighted by Crippen LogP contribution is -2.25. The summed E-state index contributed by atoms with van der Waals surface area (Å²) < 4.78 is 5.82. The third-order valence-corrected chi connectivity index (χ3v) is 4.22. The molecule has 2 aromatic heterocycles. The van der Waals surface area contributed by atoms with E-state index in [0.717, 1.165) is 27.3 Å². The van der Waals surface area contributed by atoms with Crippen molar-refractivity contribution < 1.29 is 9.21 Å². The monoisotopic (exact) mass is 297 g/mol. The lowest BCUT2D eigenvalue weighted by molar-refractivity contribution is -0.121. The highest BCUT2D eigenvalue weighted by Gasteiger charge is 2.15. The van der Waals surface area contributed by atoms with Crippen LogP contribution in [0.2, 0.25) is 0 Å². The van der Waals surface area contributed by atoms with Crippen molar-refractivity contribution in [2.24, 2.45) is 5.10 Å². The topological polar surface area (TPSA) is 67.5 Å². The van der Waals surface area contributed by atoms with E-state index in [1.807, 2.05) is 35.7 Å². The molecule has 0 spiro atoms. The molecule has 0 fully saturated rings. The number of oxazole rings is 1. The number of rotatable bonds is 2. The lowest BCUT2D eigenvalue weighted by atomic mass is 10.0. The van der Waals surface area contributed by atoms with Crippen LogP contribution in [-0.4, -0.2) is 16.6 Å². The fraction of sp³-hybridized carbons (Fsp3) is 0.133. The highest BCUT2D eigenvalue weighted by molar-refractivity contribution is 7.13. The number of nitrogens with one attached hydrogen (secondary N) is 1. The first kappa shape index (κ1) is 12.3. The zero-order chi connectivity index (χ0) is 14.2. The maximum atomic E-state index is 11.1. The first-order valence-corrected chi connectivity index (χ1v) is 7.48. The van der Waals surface area contributed by atoms with Crippen LogP contribution < -0.4 is 5.43 Å². The van der Waals surface area contributed by atoms with Crippen molar-refractivity contribution in [3.05, 3.63) is 41.3 Å². The number of fused-ring (bicyclic) bond motifs is 1. The molecule has 0 atom stereocenters. The van der Waals surface area contributed by atoms with Gasteiger partial charge in [0.1, 0.15) is 5.52 Å². The van der Waals surface area contributed by atoms with Gasteiger partial charge in [-0.15, -0.1) is 11.3 Å².